The van der Waals surface area contributed by atoms with Gasteiger partial charge in [-0.15, -0.1) is 5.92 Å². The van der Waals surface area contributed by atoms with E-state index in [1.54, 1.807) is 6.92 Å². The van der Waals surface area contributed by atoms with Crippen molar-refractivity contribution >= 4 is 5.97 Å². The van der Waals surface area contributed by atoms with Gasteiger partial charge in [-0.25, -0.2) is 0 Å². The molecule has 0 N–H and O–H groups in total. The molecule has 1 atom stereocenters. The van der Waals surface area contributed by atoms with Gasteiger partial charge in [0.25, 0.3) is 0 Å². The van der Waals surface area contributed by atoms with Crippen molar-refractivity contribution in [2.24, 2.45) is 0 Å². The zero-order chi connectivity index (χ0) is 14.1. The van der Waals surface area contributed by atoms with Crippen LogP contribution in [0, 0.1) is 11.8 Å². The van der Waals surface area contributed by atoms with Crippen molar-refractivity contribution in [3.63, 3.8) is 0 Å². The molecule has 0 spiro atoms. The average molecular weight is 260 g/mol. The van der Waals surface area contributed by atoms with E-state index < -0.39 is 0 Å². The third-order valence-electron chi connectivity index (χ3n) is 2.75. The van der Waals surface area contributed by atoms with Crippen molar-refractivity contribution < 1.29 is 14.3 Å². The Morgan fingerprint density at radius 3 is 2.47 bits per heavy atom. The molecule has 1 aromatic carbocycles. The third kappa shape index (κ3) is 4.67. The first kappa shape index (κ1) is 15.1. The Morgan fingerprint density at radius 1 is 1.26 bits per heavy atom. The summed E-state index contributed by atoms with van der Waals surface area (Å²) in [7, 11) is 0. The zero-order valence-corrected chi connectivity index (χ0v) is 11.7. The molecule has 0 fully saturated rings. The van der Waals surface area contributed by atoms with Gasteiger partial charge in [-0.3, -0.25) is 4.79 Å². The predicted octanol–water partition coefficient (Wildman–Crippen LogP) is 3.15. The average Bonchev–Trinajstić information content (AvgIpc) is 2.42. The highest BCUT2D eigenvalue weighted by Gasteiger charge is 2.19. The minimum absolute atomic E-state index is 0.156. The summed E-state index contributed by atoms with van der Waals surface area (Å²) in [5.41, 5.74) is 0.945. The van der Waals surface area contributed by atoms with Crippen LogP contribution in [0.25, 0.3) is 0 Å². The molecule has 0 saturated heterocycles. The van der Waals surface area contributed by atoms with Gasteiger partial charge in [-0.1, -0.05) is 25.0 Å². The number of ether oxygens (including phenoxy) is 2. The Balaban J connectivity index is 2.72. The van der Waals surface area contributed by atoms with Crippen molar-refractivity contribution in [2.45, 2.75) is 33.1 Å². The lowest BCUT2D eigenvalue weighted by Crippen LogP contribution is -2.15. The summed E-state index contributed by atoms with van der Waals surface area (Å²) < 4.78 is 10.5. The van der Waals surface area contributed by atoms with Crippen molar-refractivity contribution in [1.29, 1.82) is 0 Å². The van der Waals surface area contributed by atoms with Gasteiger partial charge in [0.1, 0.15) is 5.75 Å². The number of carbonyl (C=O) groups is 1. The molecule has 0 bridgehead atoms. The largest absolute Gasteiger partial charge is 0.494 e. The van der Waals surface area contributed by atoms with Gasteiger partial charge >= 0.3 is 5.97 Å². The summed E-state index contributed by atoms with van der Waals surface area (Å²) in [6, 6.07) is 7.57. The third-order valence-corrected chi connectivity index (χ3v) is 2.75. The van der Waals surface area contributed by atoms with E-state index in [2.05, 4.69) is 11.8 Å². The van der Waals surface area contributed by atoms with Gasteiger partial charge in [-0.05, 0) is 38.0 Å². The summed E-state index contributed by atoms with van der Waals surface area (Å²) in [5.74, 6) is 5.76. The summed E-state index contributed by atoms with van der Waals surface area (Å²) in [4.78, 5) is 11.9. The van der Waals surface area contributed by atoms with Crippen LogP contribution in [0.3, 0.4) is 0 Å². The van der Waals surface area contributed by atoms with Crippen LogP contribution in [0.1, 0.15) is 38.7 Å². The number of benzene rings is 1. The number of hydrogen-bond acceptors (Lipinski definition) is 3. The van der Waals surface area contributed by atoms with Crippen LogP contribution in [-0.4, -0.2) is 19.2 Å². The standard InChI is InChI=1S/C16H20O3/c1-4-7-12-19-16(17)15(5-2)13-8-10-14(11-9-13)18-6-3/h8-11,15H,5-6,12H2,1-3H3. The number of carbonyl (C=O) groups excluding carboxylic acids is 1. The SMILES string of the molecule is CC#CCOC(=O)C(CC)c1ccc(OCC)cc1. The smallest absolute Gasteiger partial charge is 0.314 e. The van der Waals surface area contributed by atoms with Crippen molar-refractivity contribution in [3.8, 4) is 17.6 Å². The molecule has 0 heterocycles. The maximum Gasteiger partial charge on any atom is 0.314 e. The van der Waals surface area contributed by atoms with Crippen molar-refractivity contribution in [3.05, 3.63) is 29.8 Å². The molecular formula is C16H20O3. The number of rotatable bonds is 6. The van der Waals surface area contributed by atoms with Crippen LogP contribution >= 0.6 is 0 Å². The molecule has 0 radical (unpaired) electrons. The van der Waals surface area contributed by atoms with E-state index in [0.29, 0.717) is 13.0 Å². The molecule has 0 aromatic heterocycles. The second kappa shape index (κ2) is 8.20. The quantitative estimate of drug-likeness (QED) is 0.582. The van der Waals surface area contributed by atoms with E-state index in [9.17, 15) is 4.79 Å². The van der Waals surface area contributed by atoms with Crippen LogP contribution < -0.4 is 4.74 Å². The minimum atomic E-state index is -0.241. The molecule has 1 aromatic rings. The second-order valence-corrected chi connectivity index (χ2v) is 4.00. The Kier molecular flexibility index (Phi) is 6.52. The Hall–Kier alpha value is -1.95. The highest BCUT2D eigenvalue weighted by Crippen LogP contribution is 2.23. The molecule has 19 heavy (non-hydrogen) atoms. The molecule has 0 aliphatic rings. The van der Waals surface area contributed by atoms with Gasteiger partial charge in [0.05, 0.1) is 12.5 Å². The normalized spacial score (nSPS) is 11.1. The van der Waals surface area contributed by atoms with Crippen molar-refractivity contribution in [2.75, 3.05) is 13.2 Å². The van der Waals surface area contributed by atoms with E-state index in [1.807, 2.05) is 38.1 Å². The van der Waals surface area contributed by atoms with E-state index in [0.717, 1.165) is 11.3 Å². The van der Waals surface area contributed by atoms with Crippen LogP contribution in [-0.2, 0) is 9.53 Å². The fourth-order valence-corrected chi connectivity index (χ4v) is 1.78. The second-order valence-electron chi connectivity index (χ2n) is 4.00. The maximum absolute atomic E-state index is 11.9. The van der Waals surface area contributed by atoms with Crippen LogP contribution in [0.4, 0.5) is 0 Å². The monoisotopic (exact) mass is 260 g/mol. The van der Waals surface area contributed by atoms with Gasteiger partial charge < -0.3 is 9.47 Å². The van der Waals surface area contributed by atoms with Crippen LogP contribution in [0.15, 0.2) is 24.3 Å². The molecule has 1 unspecified atom stereocenters. The number of esters is 1. The lowest BCUT2D eigenvalue weighted by molar-refractivity contribution is -0.144. The fraction of sp³-hybridized carbons (Fsp3) is 0.438. The number of hydrogen-bond donors (Lipinski definition) is 0. The minimum Gasteiger partial charge on any atom is -0.494 e. The zero-order valence-electron chi connectivity index (χ0n) is 11.7. The highest BCUT2D eigenvalue weighted by molar-refractivity contribution is 5.78. The van der Waals surface area contributed by atoms with E-state index in [4.69, 9.17) is 9.47 Å². The molecule has 3 heteroatoms. The van der Waals surface area contributed by atoms with Gasteiger partial charge in [0, 0.05) is 0 Å². The van der Waals surface area contributed by atoms with Gasteiger partial charge in [0.2, 0.25) is 0 Å². The molecule has 0 aliphatic heterocycles. The van der Waals surface area contributed by atoms with Gasteiger partial charge in [0.15, 0.2) is 6.61 Å². The molecule has 102 valence electrons. The summed E-state index contributed by atoms with van der Waals surface area (Å²) in [6.45, 7) is 6.41. The molecule has 0 saturated carbocycles. The summed E-state index contributed by atoms with van der Waals surface area (Å²) in [5, 5.41) is 0. The van der Waals surface area contributed by atoms with Crippen LogP contribution in [0.5, 0.6) is 5.75 Å². The molecule has 3 nitrogen and oxygen atoms in total. The van der Waals surface area contributed by atoms with Crippen molar-refractivity contribution in [1.82, 2.24) is 0 Å². The Labute approximate surface area is 114 Å². The predicted molar refractivity (Wildman–Crippen MR) is 75.1 cm³/mol. The molecular weight excluding hydrogens is 240 g/mol. The Bertz CT molecular complexity index is 451. The highest BCUT2D eigenvalue weighted by atomic mass is 16.5. The first-order valence-electron chi connectivity index (χ1n) is 6.51. The van der Waals surface area contributed by atoms with Crippen LogP contribution in [0.2, 0.25) is 0 Å². The topological polar surface area (TPSA) is 35.5 Å². The first-order chi connectivity index (χ1) is 9.22. The lowest BCUT2D eigenvalue weighted by atomic mass is 9.96. The summed E-state index contributed by atoms with van der Waals surface area (Å²) in [6.07, 6.45) is 0.701. The fourth-order valence-electron chi connectivity index (χ4n) is 1.78. The molecule has 0 amide bonds. The molecule has 0 aliphatic carbocycles. The Morgan fingerprint density at radius 2 is 1.95 bits per heavy atom. The van der Waals surface area contributed by atoms with E-state index in [1.165, 1.54) is 0 Å². The lowest BCUT2D eigenvalue weighted by Gasteiger charge is -2.14. The van der Waals surface area contributed by atoms with E-state index in [-0.39, 0.29) is 18.5 Å². The van der Waals surface area contributed by atoms with Gasteiger partial charge in [-0.2, -0.15) is 0 Å². The maximum atomic E-state index is 11.9. The molecule has 1 rings (SSSR count). The van der Waals surface area contributed by atoms with E-state index >= 15 is 0 Å². The first-order valence-corrected chi connectivity index (χ1v) is 6.51. The summed E-state index contributed by atoms with van der Waals surface area (Å²) >= 11 is 0.